The summed E-state index contributed by atoms with van der Waals surface area (Å²) in [5, 5.41) is 0.216. The summed E-state index contributed by atoms with van der Waals surface area (Å²) < 4.78 is 38.0. The molecule has 1 aliphatic rings. The largest absolute Gasteiger partial charge is 0.497 e. The van der Waals surface area contributed by atoms with Gasteiger partial charge >= 0.3 is 0 Å². The van der Waals surface area contributed by atoms with Crippen LogP contribution in [-0.4, -0.2) is 57.4 Å². The maximum Gasteiger partial charge on any atom is 0.255 e. The standard InChI is InChI=1S/C23H29ClN2O5S/c1-15(2)25(3)32(28,29)17-9-11-20(24)19(14-17)23(27)26-12-6-7-21(26)18-10-8-16(30-4)13-22(18)31-5/h8-11,13-15,21H,6-7,12H2,1-5H3. The zero-order chi connectivity index (χ0) is 23.6. The third-order valence-corrected chi connectivity index (χ3v) is 8.24. The molecule has 0 radical (unpaired) electrons. The van der Waals surface area contributed by atoms with Gasteiger partial charge in [-0.3, -0.25) is 4.79 Å². The van der Waals surface area contributed by atoms with E-state index in [2.05, 4.69) is 0 Å². The molecule has 1 atom stereocenters. The zero-order valence-corrected chi connectivity index (χ0v) is 20.5. The van der Waals surface area contributed by atoms with Crippen LogP contribution in [0.5, 0.6) is 11.5 Å². The molecule has 0 bridgehead atoms. The molecule has 1 aliphatic heterocycles. The second kappa shape index (κ2) is 9.68. The number of amides is 1. The number of sulfonamides is 1. The van der Waals surface area contributed by atoms with Gasteiger partial charge in [0.25, 0.3) is 5.91 Å². The van der Waals surface area contributed by atoms with Gasteiger partial charge in [-0.15, -0.1) is 0 Å². The first kappa shape index (κ1) is 24.4. The van der Waals surface area contributed by atoms with Crippen molar-refractivity contribution in [2.45, 2.75) is 43.7 Å². The van der Waals surface area contributed by atoms with E-state index in [0.29, 0.717) is 18.0 Å². The van der Waals surface area contributed by atoms with Gasteiger partial charge < -0.3 is 14.4 Å². The summed E-state index contributed by atoms with van der Waals surface area (Å²) in [6.07, 6.45) is 1.58. The van der Waals surface area contributed by atoms with Gasteiger partial charge in [-0.1, -0.05) is 11.6 Å². The molecule has 1 saturated heterocycles. The molecule has 9 heteroatoms. The van der Waals surface area contributed by atoms with Crippen molar-refractivity contribution in [2.24, 2.45) is 0 Å². The molecule has 0 saturated carbocycles. The van der Waals surface area contributed by atoms with E-state index in [-0.39, 0.29) is 33.5 Å². The van der Waals surface area contributed by atoms with E-state index in [9.17, 15) is 13.2 Å². The molecular weight excluding hydrogens is 452 g/mol. The van der Waals surface area contributed by atoms with E-state index < -0.39 is 10.0 Å². The van der Waals surface area contributed by atoms with Crippen molar-refractivity contribution in [2.75, 3.05) is 27.8 Å². The highest BCUT2D eigenvalue weighted by atomic mass is 35.5. The number of nitrogens with zero attached hydrogens (tertiary/aromatic N) is 2. The molecule has 0 aliphatic carbocycles. The first-order chi connectivity index (χ1) is 15.1. The van der Waals surface area contributed by atoms with Gasteiger partial charge in [0.2, 0.25) is 10.0 Å². The molecule has 32 heavy (non-hydrogen) atoms. The minimum Gasteiger partial charge on any atom is -0.497 e. The number of carbonyl (C=O) groups excluding carboxylic acids is 1. The van der Waals surface area contributed by atoms with Crippen molar-refractivity contribution in [3.63, 3.8) is 0 Å². The summed E-state index contributed by atoms with van der Waals surface area (Å²) in [6, 6.07) is 9.36. The average Bonchev–Trinajstić information content (AvgIpc) is 3.27. The minimum absolute atomic E-state index is 0.0409. The molecule has 1 unspecified atom stereocenters. The number of methoxy groups -OCH3 is 2. The molecule has 7 nitrogen and oxygen atoms in total. The number of rotatable bonds is 7. The number of likely N-dealkylation sites (tertiary alicyclic amines) is 1. The highest BCUT2D eigenvalue weighted by Gasteiger charge is 2.34. The van der Waals surface area contributed by atoms with Gasteiger partial charge in [-0.2, -0.15) is 4.31 Å². The Labute approximate surface area is 194 Å². The predicted octanol–water partition coefficient (Wildman–Crippen LogP) is 4.36. The minimum atomic E-state index is -3.75. The monoisotopic (exact) mass is 480 g/mol. The normalized spacial score (nSPS) is 16.6. The second-order valence-electron chi connectivity index (χ2n) is 8.02. The number of ether oxygens (including phenoxy) is 2. The maximum atomic E-state index is 13.5. The number of carbonyl (C=O) groups is 1. The summed E-state index contributed by atoms with van der Waals surface area (Å²) >= 11 is 6.36. The van der Waals surface area contributed by atoms with Crippen molar-refractivity contribution in [1.82, 2.24) is 9.21 Å². The Morgan fingerprint density at radius 3 is 2.50 bits per heavy atom. The number of benzene rings is 2. The van der Waals surface area contributed by atoms with E-state index in [1.165, 1.54) is 29.6 Å². The maximum absolute atomic E-state index is 13.5. The molecule has 0 spiro atoms. The molecule has 2 aromatic carbocycles. The lowest BCUT2D eigenvalue weighted by atomic mass is 10.0. The molecule has 1 amide bonds. The Balaban J connectivity index is 1.99. The van der Waals surface area contributed by atoms with Gasteiger partial charge in [0.1, 0.15) is 11.5 Å². The van der Waals surface area contributed by atoms with Gasteiger partial charge in [0.15, 0.2) is 0 Å². The fourth-order valence-corrected chi connectivity index (χ4v) is 5.45. The van der Waals surface area contributed by atoms with Crippen LogP contribution in [0.3, 0.4) is 0 Å². The lowest BCUT2D eigenvalue weighted by molar-refractivity contribution is 0.0734. The predicted molar refractivity (Wildman–Crippen MR) is 124 cm³/mol. The van der Waals surface area contributed by atoms with Crippen molar-refractivity contribution >= 4 is 27.5 Å². The van der Waals surface area contributed by atoms with Crippen molar-refractivity contribution in [1.29, 1.82) is 0 Å². The van der Waals surface area contributed by atoms with E-state index in [0.717, 1.165) is 18.4 Å². The molecule has 1 heterocycles. The molecule has 174 valence electrons. The average molecular weight is 481 g/mol. The van der Waals surface area contributed by atoms with E-state index >= 15 is 0 Å². The van der Waals surface area contributed by atoms with Crippen molar-refractivity contribution < 1.29 is 22.7 Å². The van der Waals surface area contributed by atoms with Crippen LogP contribution in [0.1, 0.15) is 48.7 Å². The van der Waals surface area contributed by atoms with E-state index in [1.54, 1.807) is 39.0 Å². The molecule has 0 N–H and O–H groups in total. The van der Waals surface area contributed by atoms with Gasteiger partial charge in [-0.25, -0.2) is 8.42 Å². The Morgan fingerprint density at radius 2 is 1.88 bits per heavy atom. The van der Waals surface area contributed by atoms with Crippen molar-refractivity contribution in [3.05, 3.63) is 52.5 Å². The highest BCUT2D eigenvalue weighted by molar-refractivity contribution is 7.89. The van der Waals surface area contributed by atoms with Crippen LogP contribution in [0, 0.1) is 0 Å². The van der Waals surface area contributed by atoms with Crippen LogP contribution in [-0.2, 0) is 10.0 Å². The summed E-state index contributed by atoms with van der Waals surface area (Å²) in [7, 11) is 0.930. The lowest BCUT2D eigenvalue weighted by Crippen LogP contribution is -2.34. The van der Waals surface area contributed by atoms with Gasteiger partial charge in [0.05, 0.1) is 35.7 Å². The van der Waals surface area contributed by atoms with Crippen LogP contribution < -0.4 is 9.47 Å². The second-order valence-corrected chi connectivity index (χ2v) is 10.4. The van der Waals surface area contributed by atoms with Gasteiger partial charge in [-0.05, 0) is 57.0 Å². The smallest absolute Gasteiger partial charge is 0.255 e. The van der Waals surface area contributed by atoms with Crippen LogP contribution >= 0.6 is 11.6 Å². The fraction of sp³-hybridized carbons (Fsp3) is 0.435. The van der Waals surface area contributed by atoms with Crippen LogP contribution in [0.4, 0.5) is 0 Å². The third-order valence-electron chi connectivity index (χ3n) is 5.89. The lowest BCUT2D eigenvalue weighted by Gasteiger charge is -2.27. The summed E-state index contributed by atoms with van der Waals surface area (Å²) in [5.74, 6) is 0.992. The summed E-state index contributed by atoms with van der Waals surface area (Å²) in [4.78, 5) is 15.3. The first-order valence-corrected chi connectivity index (χ1v) is 12.2. The number of hydrogen-bond donors (Lipinski definition) is 0. The third kappa shape index (κ3) is 4.58. The highest BCUT2D eigenvalue weighted by Crippen LogP contribution is 2.40. The number of halogens is 1. The Hall–Kier alpha value is -2.29. The molecule has 1 fully saturated rings. The molecular formula is C23H29ClN2O5S. The fourth-order valence-electron chi connectivity index (χ4n) is 3.85. The van der Waals surface area contributed by atoms with E-state index in [4.69, 9.17) is 21.1 Å². The van der Waals surface area contributed by atoms with Crippen LogP contribution in [0.15, 0.2) is 41.3 Å². The Kier molecular flexibility index (Phi) is 7.37. The van der Waals surface area contributed by atoms with Gasteiger partial charge in [0, 0.05) is 31.3 Å². The summed E-state index contributed by atoms with van der Waals surface area (Å²) in [6.45, 7) is 4.12. The quantitative estimate of drug-likeness (QED) is 0.588. The molecule has 0 aromatic heterocycles. The van der Waals surface area contributed by atoms with Crippen LogP contribution in [0.25, 0.3) is 0 Å². The Bertz CT molecular complexity index is 1100. The topological polar surface area (TPSA) is 76.2 Å². The Morgan fingerprint density at radius 1 is 1.16 bits per heavy atom. The number of hydrogen-bond acceptors (Lipinski definition) is 5. The molecule has 3 rings (SSSR count). The first-order valence-electron chi connectivity index (χ1n) is 10.4. The van der Waals surface area contributed by atoms with Crippen LogP contribution in [0.2, 0.25) is 5.02 Å². The zero-order valence-electron chi connectivity index (χ0n) is 19.0. The van der Waals surface area contributed by atoms with E-state index in [1.807, 2.05) is 12.1 Å². The SMILES string of the molecule is COc1ccc(C2CCCN2C(=O)c2cc(S(=O)(=O)N(C)C(C)C)ccc2Cl)c(OC)c1. The summed E-state index contributed by atoms with van der Waals surface area (Å²) in [5.41, 5.74) is 1.04. The van der Waals surface area contributed by atoms with Crippen molar-refractivity contribution in [3.8, 4) is 11.5 Å². The molecule has 2 aromatic rings.